The fraction of sp³-hybridized carbons (Fsp3) is 0.333. The molecule has 0 fully saturated rings. The number of aromatic nitrogens is 2. The Hall–Kier alpha value is -2.14. The summed E-state index contributed by atoms with van der Waals surface area (Å²) >= 11 is 0. The normalized spacial score (nSPS) is 10.6. The van der Waals surface area contributed by atoms with Gasteiger partial charge < -0.3 is 15.5 Å². The Morgan fingerprint density at radius 3 is 2.60 bits per heavy atom. The van der Waals surface area contributed by atoms with E-state index in [0.717, 1.165) is 25.5 Å². The minimum atomic E-state index is 0.642. The van der Waals surface area contributed by atoms with Crippen molar-refractivity contribution in [1.29, 1.82) is 0 Å². The number of rotatable bonds is 7. The van der Waals surface area contributed by atoms with Crippen molar-refractivity contribution in [2.75, 3.05) is 37.8 Å². The third-order valence-corrected chi connectivity index (χ3v) is 2.81. The second kappa shape index (κ2) is 7.45. The van der Waals surface area contributed by atoms with Crippen molar-refractivity contribution in [2.24, 2.45) is 0 Å². The number of hydrogen-bond donors (Lipinski definition) is 2. The first kappa shape index (κ1) is 14.3. The Morgan fingerprint density at radius 2 is 1.85 bits per heavy atom. The standard InChI is InChI=1S/C15H21N5/c1-20(2)11-10-16-14-8-9-17-15(19-14)18-12-13-6-4-3-5-7-13/h3-9H,10-12H2,1-2H3,(H2,16,17,18,19). The summed E-state index contributed by atoms with van der Waals surface area (Å²) in [6.07, 6.45) is 1.76. The predicted octanol–water partition coefficient (Wildman–Crippen LogP) is 2.06. The van der Waals surface area contributed by atoms with Gasteiger partial charge in [0.1, 0.15) is 5.82 Å². The van der Waals surface area contributed by atoms with Crippen molar-refractivity contribution in [3.63, 3.8) is 0 Å². The summed E-state index contributed by atoms with van der Waals surface area (Å²) < 4.78 is 0. The molecule has 0 atom stereocenters. The van der Waals surface area contributed by atoms with Crippen molar-refractivity contribution in [3.05, 3.63) is 48.2 Å². The smallest absolute Gasteiger partial charge is 0.224 e. The van der Waals surface area contributed by atoms with Gasteiger partial charge >= 0.3 is 0 Å². The monoisotopic (exact) mass is 271 g/mol. The van der Waals surface area contributed by atoms with Crippen LogP contribution in [0.3, 0.4) is 0 Å². The third kappa shape index (κ3) is 4.85. The molecule has 0 bridgehead atoms. The Labute approximate surface area is 120 Å². The number of anilines is 2. The van der Waals surface area contributed by atoms with Crippen LogP contribution in [-0.4, -0.2) is 42.1 Å². The first-order chi connectivity index (χ1) is 9.74. The summed E-state index contributed by atoms with van der Waals surface area (Å²) in [5.74, 6) is 1.49. The summed E-state index contributed by atoms with van der Waals surface area (Å²) in [5.41, 5.74) is 1.21. The highest BCUT2D eigenvalue weighted by Gasteiger charge is 1.99. The average Bonchev–Trinajstić information content (AvgIpc) is 2.46. The van der Waals surface area contributed by atoms with E-state index in [-0.39, 0.29) is 0 Å². The Morgan fingerprint density at radius 1 is 1.05 bits per heavy atom. The van der Waals surface area contributed by atoms with E-state index in [1.54, 1.807) is 6.20 Å². The maximum atomic E-state index is 4.43. The van der Waals surface area contributed by atoms with Crippen molar-refractivity contribution < 1.29 is 0 Å². The molecule has 2 aromatic rings. The van der Waals surface area contributed by atoms with E-state index >= 15 is 0 Å². The van der Waals surface area contributed by atoms with Gasteiger partial charge in [-0.15, -0.1) is 0 Å². The number of hydrogen-bond acceptors (Lipinski definition) is 5. The lowest BCUT2D eigenvalue weighted by Gasteiger charge is -2.11. The van der Waals surface area contributed by atoms with Crippen LogP contribution < -0.4 is 10.6 Å². The predicted molar refractivity (Wildman–Crippen MR) is 82.8 cm³/mol. The lowest BCUT2D eigenvalue weighted by molar-refractivity contribution is 0.425. The Kier molecular flexibility index (Phi) is 5.32. The van der Waals surface area contributed by atoms with Crippen LogP contribution in [-0.2, 0) is 6.54 Å². The van der Waals surface area contributed by atoms with Gasteiger partial charge in [-0.05, 0) is 25.7 Å². The highest BCUT2D eigenvalue weighted by molar-refractivity contribution is 5.39. The molecule has 2 N–H and O–H groups in total. The number of nitrogens with zero attached hydrogens (tertiary/aromatic N) is 3. The lowest BCUT2D eigenvalue weighted by Crippen LogP contribution is -2.21. The minimum absolute atomic E-state index is 0.642. The third-order valence-electron chi connectivity index (χ3n) is 2.81. The highest BCUT2D eigenvalue weighted by Crippen LogP contribution is 2.07. The van der Waals surface area contributed by atoms with E-state index in [0.29, 0.717) is 5.95 Å². The summed E-state index contributed by atoms with van der Waals surface area (Å²) in [6, 6.07) is 12.1. The molecule has 0 aliphatic heterocycles. The van der Waals surface area contributed by atoms with Gasteiger partial charge in [0.25, 0.3) is 0 Å². The Balaban J connectivity index is 1.86. The van der Waals surface area contributed by atoms with Gasteiger partial charge in [0.2, 0.25) is 5.95 Å². The van der Waals surface area contributed by atoms with E-state index in [4.69, 9.17) is 0 Å². The van der Waals surface area contributed by atoms with E-state index in [9.17, 15) is 0 Å². The summed E-state index contributed by atoms with van der Waals surface area (Å²) in [7, 11) is 4.10. The second-order valence-electron chi connectivity index (χ2n) is 4.83. The molecule has 0 saturated carbocycles. The fourth-order valence-corrected chi connectivity index (χ4v) is 1.73. The molecule has 0 radical (unpaired) electrons. The molecule has 1 aromatic heterocycles. The quantitative estimate of drug-likeness (QED) is 0.807. The molecule has 0 aliphatic rings. The van der Waals surface area contributed by atoms with E-state index < -0.39 is 0 Å². The van der Waals surface area contributed by atoms with Gasteiger partial charge in [-0.2, -0.15) is 4.98 Å². The largest absolute Gasteiger partial charge is 0.369 e. The van der Waals surface area contributed by atoms with Crippen LogP contribution in [0.4, 0.5) is 11.8 Å². The van der Waals surface area contributed by atoms with E-state index in [2.05, 4.69) is 51.7 Å². The zero-order chi connectivity index (χ0) is 14.2. The average molecular weight is 271 g/mol. The Bertz CT molecular complexity index is 513. The number of nitrogens with one attached hydrogen (secondary N) is 2. The van der Waals surface area contributed by atoms with Gasteiger partial charge in [-0.3, -0.25) is 0 Å². The van der Waals surface area contributed by atoms with Gasteiger partial charge in [-0.1, -0.05) is 30.3 Å². The van der Waals surface area contributed by atoms with Gasteiger partial charge in [0.05, 0.1) is 0 Å². The molecular weight excluding hydrogens is 250 g/mol. The van der Waals surface area contributed by atoms with Gasteiger partial charge in [0.15, 0.2) is 0 Å². The molecule has 0 amide bonds. The molecule has 0 saturated heterocycles. The maximum absolute atomic E-state index is 4.43. The zero-order valence-corrected chi connectivity index (χ0v) is 12.0. The molecule has 20 heavy (non-hydrogen) atoms. The van der Waals surface area contributed by atoms with Gasteiger partial charge in [0, 0.05) is 25.8 Å². The van der Waals surface area contributed by atoms with Crippen molar-refractivity contribution in [3.8, 4) is 0 Å². The molecule has 0 unspecified atom stereocenters. The van der Waals surface area contributed by atoms with E-state index in [1.807, 2.05) is 24.3 Å². The minimum Gasteiger partial charge on any atom is -0.369 e. The van der Waals surface area contributed by atoms with Crippen LogP contribution in [0.25, 0.3) is 0 Å². The zero-order valence-electron chi connectivity index (χ0n) is 12.0. The van der Waals surface area contributed by atoms with E-state index in [1.165, 1.54) is 5.56 Å². The first-order valence-corrected chi connectivity index (χ1v) is 6.73. The highest BCUT2D eigenvalue weighted by atomic mass is 15.1. The molecular formula is C15H21N5. The molecule has 5 heteroatoms. The fourth-order valence-electron chi connectivity index (χ4n) is 1.73. The topological polar surface area (TPSA) is 53.1 Å². The maximum Gasteiger partial charge on any atom is 0.224 e. The van der Waals surface area contributed by atoms with Crippen molar-refractivity contribution in [1.82, 2.24) is 14.9 Å². The lowest BCUT2D eigenvalue weighted by atomic mass is 10.2. The molecule has 1 heterocycles. The molecule has 0 aliphatic carbocycles. The van der Waals surface area contributed by atoms with Gasteiger partial charge in [-0.25, -0.2) is 4.98 Å². The summed E-state index contributed by atoms with van der Waals surface area (Å²) in [5, 5.41) is 6.51. The van der Waals surface area contributed by atoms with Crippen LogP contribution >= 0.6 is 0 Å². The molecule has 2 rings (SSSR count). The second-order valence-corrected chi connectivity index (χ2v) is 4.83. The molecule has 0 spiro atoms. The SMILES string of the molecule is CN(C)CCNc1ccnc(NCc2ccccc2)n1. The molecule has 1 aromatic carbocycles. The number of likely N-dealkylation sites (N-methyl/N-ethyl adjacent to an activating group) is 1. The molecule has 5 nitrogen and oxygen atoms in total. The number of benzene rings is 1. The van der Waals surface area contributed by atoms with Crippen LogP contribution in [0.15, 0.2) is 42.6 Å². The van der Waals surface area contributed by atoms with Crippen molar-refractivity contribution in [2.45, 2.75) is 6.54 Å². The summed E-state index contributed by atoms with van der Waals surface area (Å²) in [6.45, 7) is 2.56. The first-order valence-electron chi connectivity index (χ1n) is 6.73. The van der Waals surface area contributed by atoms with Crippen LogP contribution in [0.2, 0.25) is 0 Å². The van der Waals surface area contributed by atoms with Crippen molar-refractivity contribution >= 4 is 11.8 Å². The van der Waals surface area contributed by atoms with Crippen LogP contribution in [0, 0.1) is 0 Å². The van der Waals surface area contributed by atoms with Crippen LogP contribution in [0.1, 0.15) is 5.56 Å². The van der Waals surface area contributed by atoms with Crippen LogP contribution in [0.5, 0.6) is 0 Å². The summed E-state index contributed by atoms with van der Waals surface area (Å²) in [4.78, 5) is 10.8. The molecule has 106 valence electrons.